The Morgan fingerprint density at radius 3 is 2.69 bits per heavy atom. The molecule has 4 heteroatoms. The fourth-order valence-electron chi connectivity index (χ4n) is 2.07. The third-order valence-corrected chi connectivity index (χ3v) is 4.17. The summed E-state index contributed by atoms with van der Waals surface area (Å²) in [6.45, 7) is 8.73. The molecule has 0 bridgehead atoms. The van der Waals surface area contributed by atoms with E-state index in [0.29, 0.717) is 0 Å². The van der Waals surface area contributed by atoms with Gasteiger partial charge in [-0.05, 0) is 25.8 Å². The first-order chi connectivity index (χ1) is 7.85. The molecule has 1 fully saturated rings. The van der Waals surface area contributed by atoms with Gasteiger partial charge in [-0.3, -0.25) is 0 Å². The van der Waals surface area contributed by atoms with E-state index in [-0.39, 0.29) is 0 Å². The van der Waals surface area contributed by atoms with Gasteiger partial charge in [-0.1, -0.05) is 13.8 Å². The third kappa shape index (κ3) is 2.55. The molecule has 0 radical (unpaired) electrons. The second-order valence-electron chi connectivity index (χ2n) is 4.19. The summed E-state index contributed by atoms with van der Waals surface area (Å²) in [5.41, 5.74) is 1.29. The minimum absolute atomic E-state index is 0.977. The standard InChI is InChI=1S/C12H21N3S/c1-3-10-11(9-13-4-2)16-12(14-10)15-7-5-6-8-15/h13H,3-9H2,1-2H3. The zero-order valence-corrected chi connectivity index (χ0v) is 11.1. The quantitative estimate of drug-likeness (QED) is 0.855. The molecule has 1 aliphatic rings. The summed E-state index contributed by atoms with van der Waals surface area (Å²) in [7, 11) is 0. The number of aryl methyl sites for hydroxylation is 1. The molecule has 1 aromatic rings. The van der Waals surface area contributed by atoms with Crippen molar-refractivity contribution in [2.45, 2.75) is 39.7 Å². The zero-order chi connectivity index (χ0) is 11.4. The van der Waals surface area contributed by atoms with E-state index < -0.39 is 0 Å². The molecular weight excluding hydrogens is 218 g/mol. The molecule has 0 saturated carbocycles. The van der Waals surface area contributed by atoms with Crippen LogP contribution in [0.15, 0.2) is 0 Å². The van der Waals surface area contributed by atoms with Crippen molar-refractivity contribution in [1.29, 1.82) is 0 Å². The second kappa shape index (κ2) is 5.64. The Kier molecular flexibility index (Phi) is 4.18. The monoisotopic (exact) mass is 239 g/mol. The lowest BCUT2D eigenvalue weighted by Gasteiger charge is -2.12. The number of nitrogens with zero attached hydrogens (tertiary/aromatic N) is 2. The van der Waals surface area contributed by atoms with E-state index in [1.165, 1.54) is 41.6 Å². The SMILES string of the molecule is CCNCc1sc(N2CCCC2)nc1CC. The molecule has 0 amide bonds. The average molecular weight is 239 g/mol. The van der Waals surface area contributed by atoms with E-state index in [1.807, 2.05) is 11.3 Å². The molecular formula is C12H21N3S. The Bertz CT molecular complexity index is 329. The summed E-state index contributed by atoms with van der Waals surface area (Å²) in [6, 6.07) is 0. The Labute approximate surface area is 102 Å². The molecule has 0 atom stereocenters. The van der Waals surface area contributed by atoms with Gasteiger partial charge >= 0.3 is 0 Å². The molecule has 1 saturated heterocycles. The molecule has 1 N–H and O–H groups in total. The number of nitrogens with one attached hydrogen (secondary N) is 1. The molecule has 2 rings (SSSR count). The van der Waals surface area contributed by atoms with Crippen LogP contribution in [0.3, 0.4) is 0 Å². The van der Waals surface area contributed by atoms with Gasteiger partial charge in [0.15, 0.2) is 5.13 Å². The van der Waals surface area contributed by atoms with Crippen LogP contribution in [0.2, 0.25) is 0 Å². The van der Waals surface area contributed by atoms with Gasteiger partial charge in [0.2, 0.25) is 0 Å². The van der Waals surface area contributed by atoms with Gasteiger partial charge in [-0.2, -0.15) is 0 Å². The predicted molar refractivity (Wildman–Crippen MR) is 70.3 cm³/mol. The van der Waals surface area contributed by atoms with E-state index in [0.717, 1.165) is 19.5 Å². The summed E-state index contributed by atoms with van der Waals surface area (Å²) >= 11 is 1.87. The lowest BCUT2D eigenvalue weighted by Crippen LogP contribution is -2.17. The molecule has 0 aromatic carbocycles. The first-order valence-electron chi connectivity index (χ1n) is 6.29. The lowest BCUT2D eigenvalue weighted by atomic mass is 10.3. The van der Waals surface area contributed by atoms with Crippen LogP contribution in [0.1, 0.15) is 37.3 Å². The van der Waals surface area contributed by atoms with Crippen molar-refractivity contribution in [3.05, 3.63) is 10.6 Å². The highest BCUT2D eigenvalue weighted by Crippen LogP contribution is 2.29. The van der Waals surface area contributed by atoms with Crippen molar-refractivity contribution < 1.29 is 0 Å². The highest BCUT2D eigenvalue weighted by Gasteiger charge is 2.18. The number of hydrogen-bond donors (Lipinski definition) is 1. The number of aromatic nitrogens is 1. The predicted octanol–water partition coefficient (Wildman–Crippen LogP) is 2.42. The summed E-state index contributed by atoms with van der Waals surface area (Å²) in [5, 5.41) is 4.63. The van der Waals surface area contributed by atoms with Gasteiger partial charge in [0.25, 0.3) is 0 Å². The Hall–Kier alpha value is -0.610. The largest absolute Gasteiger partial charge is 0.348 e. The smallest absolute Gasteiger partial charge is 0.185 e. The molecule has 90 valence electrons. The molecule has 3 nitrogen and oxygen atoms in total. The molecule has 16 heavy (non-hydrogen) atoms. The van der Waals surface area contributed by atoms with Gasteiger partial charge in [0.1, 0.15) is 0 Å². The summed E-state index contributed by atoms with van der Waals surface area (Å²) in [4.78, 5) is 8.62. The maximum absolute atomic E-state index is 4.77. The fourth-order valence-corrected chi connectivity index (χ4v) is 3.24. The summed E-state index contributed by atoms with van der Waals surface area (Å²) in [6.07, 6.45) is 3.69. The van der Waals surface area contributed by atoms with Crippen LogP contribution in [0.4, 0.5) is 5.13 Å². The number of hydrogen-bond acceptors (Lipinski definition) is 4. The van der Waals surface area contributed by atoms with E-state index >= 15 is 0 Å². The summed E-state index contributed by atoms with van der Waals surface area (Å²) < 4.78 is 0. The van der Waals surface area contributed by atoms with Crippen LogP contribution in [-0.4, -0.2) is 24.6 Å². The van der Waals surface area contributed by atoms with Crippen LogP contribution < -0.4 is 10.2 Å². The molecule has 0 spiro atoms. The molecule has 2 heterocycles. The lowest BCUT2D eigenvalue weighted by molar-refractivity contribution is 0.727. The molecule has 1 aromatic heterocycles. The first-order valence-corrected chi connectivity index (χ1v) is 7.11. The highest BCUT2D eigenvalue weighted by atomic mass is 32.1. The van der Waals surface area contributed by atoms with Gasteiger partial charge in [-0.15, -0.1) is 11.3 Å². The molecule has 0 unspecified atom stereocenters. The fraction of sp³-hybridized carbons (Fsp3) is 0.750. The van der Waals surface area contributed by atoms with Gasteiger partial charge in [0, 0.05) is 24.5 Å². The topological polar surface area (TPSA) is 28.2 Å². The maximum Gasteiger partial charge on any atom is 0.185 e. The van der Waals surface area contributed by atoms with E-state index in [4.69, 9.17) is 4.98 Å². The second-order valence-corrected chi connectivity index (χ2v) is 5.26. The Morgan fingerprint density at radius 1 is 1.31 bits per heavy atom. The maximum atomic E-state index is 4.77. The normalized spacial score (nSPS) is 16.0. The van der Waals surface area contributed by atoms with Crippen molar-refractivity contribution in [3.63, 3.8) is 0 Å². The number of anilines is 1. The van der Waals surface area contributed by atoms with Crippen LogP contribution >= 0.6 is 11.3 Å². The first kappa shape index (κ1) is 11.9. The van der Waals surface area contributed by atoms with Crippen LogP contribution in [-0.2, 0) is 13.0 Å². The zero-order valence-electron chi connectivity index (χ0n) is 10.3. The van der Waals surface area contributed by atoms with Gasteiger partial charge in [-0.25, -0.2) is 4.98 Å². The molecule has 0 aliphatic carbocycles. The van der Waals surface area contributed by atoms with Crippen molar-refractivity contribution in [2.75, 3.05) is 24.5 Å². The number of rotatable bonds is 5. The van der Waals surface area contributed by atoms with Crippen molar-refractivity contribution >= 4 is 16.5 Å². The van der Waals surface area contributed by atoms with Crippen molar-refractivity contribution in [2.24, 2.45) is 0 Å². The minimum atomic E-state index is 0.977. The summed E-state index contributed by atoms with van der Waals surface area (Å²) in [5.74, 6) is 0. The average Bonchev–Trinajstić information content (AvgIpc) is 2.94. The number of thiazole rings is 1. The Balaban J connectivity index is 2.10. The van der Waals surface area contributed by atoms with Crippen LogP contribution in [0, 0.1) is 0 Å². The van der Waals surface area contributed by atoms with Crippen molar-refractivity contribution in [1.82, 2.24) is 10.3 Å². The molecule has 1 aliphatic heterocycles. The van der Waals surface area contributed by atoms with Crippen LogP contribution in [0.25, 0.3) is 0 Å². The van der Waals surface area contributed by atoms with Crippen LogP contribution in [0.5, 0.6) is 0 Å². The third-order valence-electron chi connectivity index (χ3n) is 3.01. The Morgan fingerprint density at radius 2 is 2.06 bits per heavy atom. The highest BCUT2D eigenvalue weighted by molar-refractivity contribution is 7.15. The van der Waals surface area contributed by atoms with Crippen molar-refractivity contribution in [3.8, 4) is 0 Å². The van der Waals surface area contributed by atoms with E-state index in [9.17, 15) is 0 Å². The minimum Gasteiger partial charge on any atom is -0.348 e. The van der Waals surface area contributed by atoms with Gasteiger partial charge in [0.05, 0.1) is 5.69 Å². The van der Waals surface area contributed by atoms with E-state index in [2.05, 4.69) is 24.1 Å². The van der Waals surface area contributed by atoms with E-state index in [1.54, 1.807) is 0 Å². The van der Waals surface area contributed by atoms with Gasteiger partial charge < -0.3 is 10.2 Å².